The number of thioether (sulfide) groups is 1. The first kappa shape index (κ1) is 19.2. The SMILES string of the molecule is CSc1ccc(OC(F)F)c(-c2[nH]ncc2NC(O)c2cnc3cccnn23)c1. The number of nitrogens with zero attached hydrogens (tertiary/aromatic N) is 4. The van der Waals surface area contributed by atoms with Crippen LogP contribution < -0.4 is 10.1 Å². The Morgan fingerprint density at radius 2 is 2.14 bits per heavy atom. The van der Waals surface area contributed by atoms with Gasteiger partial charge in [0.2, 0.25) is 0 Å². The van der Waals surface area contributed by atoms with Crippen molar-refractivity contribution < 1.29 is 18.6 Å². The van der Waals surface area contributed by atoms with Crippen LogP contribution in [0.3, 0.4) is 0 Å². The van der Waals surface area contributed by atoms with Crippen molar-refractivity contribution in [3.05, 3.63) is 54.6 Å². The molecule has 4 rings (SSSR count). The summed E-state index contributed by atoms with van der Waals surface area (Å²) in [5.41, 5.74) is 2.18. The van der Waals surface area contributed by atoms with Crippen LogP contribution in [-0.4, -0.2) is 42.8 Å². The highest BCUT2D eigenvalue weighted by Crippen LogP contribution is 2.37. The summed E-state index contributed by atoms with van der Waals surface area (Å²) in [7, 11) is 0. The van der Waals surface area contributed by atoms with Crippen LogP contribution in [0.4, 0.5) is 14.5 Å². The number of aliphatic hydroxyl groups is 1. The summed E-state index contributed by atoms with van der Waals surface area (Å²) in [5.74, 6) is -0.00365. The van der Waals surface area contributed by atoms with Crippen molar-refractivity contribution in [3.63, 3.8) is 0 Å². The quantitative estimate of drug-likeness (QED) is 0.312. The molecule has 1 unspecified atom stereocenters. The molecule has 3 N–H and O–H groups in total. The second-order valence-electron chi connectivity index (χ2n) is 5.92. The van der Waals surface area contributed by atoms with Crippen molar-refractivity contribution >= 4 is 23.1 Å². The topological polar surface area (TPSA) is 100 Å². The van der Waals surface area contributed by atoms with E-state index in [0.29, 0.717) is 28.3 Å². The zero-order valence-corrected chi connectivity index (χ0v) is 15.9. The van der Waals surface area contributed by atoms with Gasteiger partial charge in [-0.25, -0.2) is 9.50 Å². The van der Waals surface area contributed by atoms with Gasteiger partial charge in [-0.1, -0.05) is 0 Å². The number of imidazole rings is 1. The summed E-state index contributed by atoms with van der Waals surface area (Å²) in [4.78, 5) is 5.05. The zero-order chi connectivity index (χ0) is 20.4. The van der Waals surface area contributed by atoms with Gasteiger partial charge in [-0.2, -0.15) is 19.0 Å². The smallest absolute Gasteiger partial charge is 0.387 e. The maximum absolute atomic E-state index is 12.8. The fourth-order valence-electron chi connectivity index (χ4n) is 2.89. The zero-order valence-electron chi connectivity index (χ0n) is 15.1. The summed E-state index contributed by atoms with van der Waals surface area (Å²) in [6.45, 7) is -2.97. The normalized spacial score (nSPS) is 12.4. The maximum Gasteiger partial charge on any atom is 0.387 e. The number of anilines is 1. The van der Waals surface area contributed by atoms with Gasteiger partial charge in [0.15, 0.2) is 11.9 Å². The summed E-state index contributed by atoms with van der Waals surface area (Å²) in [5, 5.41) is 24.5. The van der Waals surface area contributed by atoms with Crippen molar-refractivity contribution in [1.29, 1.82) is 0 Å². The van der Waals surface area contributed by atoms with E-state index < -0.39 is 12.8 Å². The van der Waals surface area contributed by atoms with E-state index >= 15 is 0 Å². The first-order valence-electron chi connectivity index (χ1n) is 8.46. The van der Waals surface area contributed by atoms with E-state index in [1.807, 2.05) is 6.26 Å². The van der Waals surface area contributed by atoms with E-state index in [1.54, 1.807) is 30.5 Å². The molecule has 1 atom stereocenters. The van der Waals surface area contributed by atoms with Crippen LogP contribution in [0.15, 0.2) is 53.8 Å². The highest BCUT2D eigenvalue weighted by molar-refractivity contribution is 7.98. The van der Waals surface area contributed by atoms with Crippen molar-refractivity contribution in [1.82, 2.24) is 24.8 Å². The van der Waals surface area contributed by atoms with E-state index in [9.17, 15) is 13.9 Å². The van der Waals surface area contributed by atoms with Gasteiger partial charge in [0.1, 0.15) is 11.4 Å². The summed E-state index contributed by atoms with van der Waals surface area (Å²) in [6.07, 6.45) is 5.24. The van der Waals surface area contributed by atoms with Crippen LogP contribution in [0.1, 0.15) is 11.9 Å². The summed E-state index contributed by atoms with van der Waals surface area (Å²) in [6, 6.07) is 8.37. The van der Waals surface area contributed by atoms with Crippen LogP contribution in [0.25, 0.3) is 16.9 Å². The molecule has 0 amide bonds. The van der Waals surface area contributed by atoms with Crippen molar-refractivity contribution in [2.75, 3.05) is 11.6 Å². The number of nitrogens with one attached hydrogen (secondary N) is 2. The van der Waals surface area contributed by atoms with Crippen LogP contribution in [-0.2, 0) is 0 Å². The number of H-pyrrole nitrogens is 1. The molecule has 0 aliphatic carbocycles. The number of benzene rings is 1. The standard InChI is InChI=1S/C18H16F2N6O2S/c1-29-10-4-5-14(28-18(19)20)11(7-10)16-12(8-22-25-16)24-17(27)13-9-21-15-3-2-6-23-26(13)15/h2-9,17-18,24,27H,1H3,(H,22,25). The van der Waals surface area contributed by atoms with Gasteiger partial charge in [0, 0.05) is 16.7 Å². The van der Waals surface area contributed by atoms with Crippen LogP contribution in [0, 0.1) is 0 Å². The molecule has 150 valence electrons. The average Bonchev–Trinajstić information content (AvgIpc) is 3.34. The molecule has 0 saturated carbocycles. The van der Waals surface area contributed by atoms with E-state index in [2.05, 4.69) is 30.3 Å². The molecule has 0 aliphatic heterocycles. The van der Waals surface area contributed by atoms with E-state index in [0.717, 1.165) is 4.90 Å². The average molecular weight is 418 g/mol. The molecule has 0 radical (unpaired) electrons. The molecule has 3 heterocycles. The molecular weight excluding hydrogens is 402 g/mol. The van der Waals surface area contributed by atoms with E-state index in [4.69, 9.17) is 0 Å². The largest absolute Gasteiger partial charge is 0.434 e. The highest BCUT2D eigenvalue weighted by Gasteiger charge is 2.20. The van der Waals surface area contributed by atoms with Crippen LogP contribution in [0.5, 0.6) is 5.75 Å². The fourth-order valence-corrected chi connectivity index (χ4v) is 3.33. The number of hydrogen-bond donors (Lipinski definition) is 3. The molecule has 4 aromatic rings. The number of rotatable bonds is 7. The van der Waals surface area contributed by atoms with E-state index in [-0.39, 0.29) is 5.75 Å². The first-order chi connectivity index (χ1) is 14.1. The number of fused-ring (bicyclic) bond motifs is 1. The molecule has 8 nitrogen and oxygen atoms in total. The minimum absolute atomic E-state index is 0.00365. The highest BCUT2D eigenvalue weighted by atomic mass is 32.2. The van der Waals surface area contributed by atoms with E-state index in [1.165, 1.54) is 34.7 Å². The van der Waals surface area contributed by atoms with Crippen molar-refractivity contribution in [3.8, 4) is 17.0 Å². The number of aliphatic hydroxyl groups excluding tert-OH is 1. The third-order valence-electron chi connectivity index (χ3n) is 4.19. The second-order valence-corrected chi connectivity index (χ2v) is 6.80. The molecule has 0 spiro atoms. The number of hydrogen-bond acceptors (Lipinski definition) is 7. The van der Waals surface area contributed by atoms with Gasteiger partial charge in [-0.15, -0.1) is 11.8 Å². The molecule has 0 bridgehead atoms. The second kappa shape index (κ2) is 8.05. The Morgan fingerprint density at radius 3 is 2.93 bits per heavy atom. The third-order valence-corrected chi connectivity index (χ3v) is 4.91. The Kier molecular flexibility index (Phi) is 5.32. The lowest BCUT2D eigenvalue weighted by atomic mass is 10.1. The predicted octanol–water partition coefficient (Wildman–Crippen LogP) is 3.55. The monoisotopic (exact) mass is 418 g/mol. The molecular formula is C18H16F2N6O2S. The lowest BCUT2D eigenvalue weighted by Crippen LogP contribution is -2.13. The molecule has 11 heteroatoms. The maximum atomic E-state index is 12.8. The minimum Gasteiger partial charge on any atom is -0.434 e. The van der Waals surface area contributed by atoms with Crippen LogP contribution >= 0.6 is 11.8 Å². The fraction of sp³-hybridized carbons (Fsp3) is 0.167. The van der Waals surface area contributed by atoms with Crippen molar-refractivity contribution in [2.24, 2.45) is 0 Å². The summed E-state index contributed by atoms with van der Waals surface area (Å²) < 4.78 is 31.8. The van der Waals surface area contributed by atoms with Gasteiger partial charge in [-0.3, -0.25) is 5.10 Å². The summed E-state index contributed by atoms with van der Waals surface area (Å²) >= 11 is 1.46. The Labute approximate surface area is 167 Å². The molecule has 0 aliphatic rings. The predicted molar refractivity (Wildman–Crippen MR) is 104 cm³/mol. The number of ether oxygens (including phenoxy) is 1. The van der Waals surface area contributed by atoms with Crippen LogP contribution in [0.2, 0.25) is 0 Å². The van der Waals surface area contributed by atoms with Gasteiger partial charge in [0.25, 0.3) is 0 Å². The number of alkyl halides is 2. The Balaban J connectivity index is 1.69. The third kappa shape index (κ3) is 3.87. The molecule has 3 aromatic heterocycles. The van der Waals surface area contributed by atoms with Crippen molar-refractivity contribution in [2.45, 2.75) is 17.7 Å². The number of halogens is 2. The van der Waals surface area contributed by atoms with Gasteiger partial charge in [-0.05, 0) is 36.6 Å². The molecule has 0 saturated heterocycles. The van der Waals surface area contributed by atoms with Gasteiger partial charge in [0.05, 0.1) is 23.8 Å². The first-order valence-corrected chi connectivity index (χ1v) is 9.69. The van der Waals surface area contributed by atoms with Gasteiger partial charge >= 0.3 is 6.61 Å². The lowest BCUT2D eigenvalue weighted by Gasteiger charge is -2.15. The number of aromatic nitrogens is 5. The Hall–Kier alpha value is -3.18. The van der Waals surface area contributed by atoms with Gasteiger partial charge < -0.3 is 15.2 Å². The Bertz CT molecular complexity index is 1130. The number of aromatic amines is 1. The lowest BCUT2D eigenvalue weighted by molar-refractivity contribution is -0.0494. The minimum atomic E-state index is -2.97. The molecule has 1 aromatic carbocycles. The molecule has 29 heavy (non-hydrogen) atoms. The Morgan fingerprint density at radius 1 is 1.28 bits per heavy atom. The molecule has 0 fully saturated rings.